The third kappa shape index (κ3) is 4.48. The van der Waals surface area contributed by atoms with Gasteiger partial charge in [-0.3, -0.25) is 0 Å². The summed E-state index contributed by atoms with van der Waals surface area (Å²) in [6, 6.07) is 6.51. The number of benzene rings is 1. The van der Waals surface area contributed by atoms with Gasteiger partial charge in [0.1, 0.15) is 0 Å². The van der Waals surface area contributed by atoms with E-state index in [1.165, 1.54) is 16.7 Å². The molecule has 84 valence electrons. The van der Waals surface area contributed by atoms with E-state index < -0.39 is 0 Å². The van der Waals surface area contributed by atoms with Crippen molar-refractivity contribution in [2.45, 2.75) is 41.2 Å². The molecule has 0 saturated carbocycles. The standard InChI is InChI=1S/C14H22O/c1-11-6-7-13(12(2)8-11)9-15-10-14(3,4)5/h6-8H,9-10H2,1-5H3. The molecule has 0 unspecified atom stereocenters. The molecule has 0 fully saturated rings. The molecule has 0 heterocycles. The Morgan fingerprint density at radius 2 is 1.80 bits per heavy atom. The summed E-state index contributed by atoms with van der Waals surface area (Å²) in [4.78, 5) is 0. The van der Waals surface area contributed by atoms with Gasteiger partial charge in [-0.15, -0.1) is 0 Å². The molecule has 0 N–H and O–H groups in total. The van der Waals surface area contributed by atoms with Crippen molar-refractivity contribution >= 4 is 0 Å². The molecule has 0 aliphatic carbocycles. The molecule has 1 aromatic rings. The van der Waals surface area contributed by atoms with Gasteiger partial charge in [-0.25, -0.2) is 0 Å². The van der Waals surface area contributed by atoms with Crippen LogP contribution >= 0.6 is 0 Å². The number of aryl methyl sites for hydroxylation is 2. The molecule has 0 atom stereocenters. The van der Waals surface area contributed by atoms with E-state index in [9.17, 15) is 0 Å². The van der Waals surface area contributed by atoms with Crippen LogP contribution in [0.15, 0.2) is 18.2 Å². The highest BCUT2D eigenvalue weighted by molar-refractivity contribution is 5.29. The zero-order chi connectivity index (χ0) is 11.5. The minimum Gasteiger partial charge on any atom is -0.376 e. The first-order chi connectivity index (χ1) is 6.88. The Morgan fingerprint density at radius 1 is 1.13 bits per heavy atom. The maximum absolute atomic E-state index is 5.70. The van der Waals surface area contributed by atoms with Gasteiger partial charge in [0.25, 0.3) is 0 Å². The van der Waals surface area contributed by atoms with Gasteiger partial charge in [0.05, 0.1) is 13.2 Å². The van der Waals surface area contributed by atoms with Gasteiger partial charge in [-0.2, -0.15) is 0 Å². The first kappa shape index (κ1) is 12.3. The minimum absolute atomic E-state index is 0.249. The molecule has 0 bridgehead atoms. The van der Waals surface area contributed by atoms with Crippen LogP contribution in [0.25, 0.3) is 0 Å². The summed E-state index contributed by atoms with van der Waals surface area (Å²) in [7, 11) is 0. The van der Waals surface area contributed by atoms with E-state index in [1.54, 1.807) is 0 Å². The lowest BCUT2D eigenvalue weighted by atomic mass is 9.98. The molecule has 0 aliphatic heterocycles. The summed E-state index contributed by atoms with van der Waals surface area (Å²) >= 11 is 0. The van der Waals surface area contributed by atoms with Crippen molar-refractivity contribution in [2.75, 3.05) is 6.61 Å². The van der Waals surface area contributed by atoms with Crippen LogP contribution < -0.4 is 0 Å². The topological polar surface area (TPSA) is 9.23 Å². The Labute approximate surface area is 93.5 Å². The van der Waals surface area contributed by atoms with E-state index >= 15 is 0 Å². The average Bonchev–Trinajstić information content (AvgIpc) is 2.07. The minimum atomic E-state index is 0.249. The van der Waals surface area contributed by atoms with Gasteiger partial charge in [0.15, 0.2) is 0 Å². The van der Waals surface area contributed by atoms with Crippen molar-refractivity contribution in [1.82, 2.24) is 0 Å². The second-order valence-electron chi connectivity index (χ2n) is 5.48. The SMILES string of the molecule is Cc1ccc(COCC(C)(C)C)c(C)c1. The lowest BCUT2D eigenvalue weighted by Crippen LogP contribution is -2.14. The maximum atomic E-state index is 5.70. The lowest BCUT2D eigenvalue weighted by molar-refractivity contribution is 0.0596. The molecule has 1 nitrogen and oxygen atoms in total. The first-order valence-electron chi connectivity index (χ1n) is 5.52. The van der Waals surface area contributed by atoms with E-state index in [2.05, 4.69) is 52.8 Å². The molecule has 1 aromatic carbocycles. The van der Waals surface area contributed by atoms with Gasteiger partial charge in [-0.05, 0) is 30.4 Å². The van der Waals surface area contributed by atoms with Crippen molar-refractivity contribution in [2.24, 2.45) is 5.41 Å². The molecular weight excluding hydrogens is 184 g/mol. The molecule has 1 heteroatoms. The maximum Gasteiger partial charge on any atom is 0.0719 e. The Kier molecular flexibility index (Phi) is 3.92. The van der Waals surface area contributed by atoms with Crippen LogP contribution in [0.1, 0.15) is 37.5 Å². The Morgan fingerprint density at radius 3 is 2.33 bits per heavy atom. The Bertz CT molecular complexity index is 321. The summed E-state index contributed by atoms with van der Waals surface area (Å²) in [5.41, 5.74) is 4.18. The van der Waals surface area contributed by atoms with Crippen molar-refractivity contribution in [3.8, 4) is 0 Å². The number of hydrogen-bond acceptors (Lipinski definition) is 1. The highest BCUT2D eigenvalue weighted by Gasteiger charge is 2.10. The van der Waals surface area contributed by atoms with Crippen molar-refractivity contribution in [3.63, 3.8) is 0 Å². The molecule has 15 heavy (non-hydrogen) atoms. The van der Waals surface area contributed by atoms with E-state index in [4.69, 9.17) is 4.74 Å². The fourth-order valence-electron chi connectivity index (χ4n) is 1.47. The predicted octanol–water partition coefficient (Wildman–Crippen LogP) is 3.87. The van der Waals surface area contributed by atoms with Gasteiger partial charge >= 0.3 is 0 Å². The molecule has 0 aromatic heterocycles. The number of rotatable bonds is 3. The molecule has 0 spiro atoms. The highest BCUT2D eigenvalue weighted by Crippen LogP contribution is 2.16. The molecule has 0 radical (unpaired) electrons. The van der Waals surface area contributed by atoms with Crippen molar-refractivity contribution in [3.05, 3.63) is 34.9 Å². The lowest BCUT2D eigenvalue weighted by Gasteiger charge is -2.18. The second kappa shape index (κ2) is 4.80. The van der Waals surface area contributed by atoms with Crippen LogP contribution in [-0.4, -0.2) is 6.61 Å². The quantitative estimate of drug-likeness (QED) is 0.729. The normalized spacial score (nSPS) is 11.8. The highest BCUT2D eigenvalue weighted by atomic mass is 16.5. The summed E-state index contributed by atoms with van der Waals surface area (Å²) < 4.78 is 5.70. The molecule has 0 amide bonds. The van der Waals surface area contributed by atoms with E-state index in [0.29, 0.717) is 0 Å². The fraction of sp³-hybridized carbons (Fsp3) is 0.571. The number of hydrogen-bond donors (Lipinski definition) is 0. The summed E-state index contributed by atoms with van der Waals surface area (Å²) in [5.74, 6) is 0. The first-order valence-corrected chi connectivity index (χ1v) is 5.52. The van der Waals surface area contributed by atoms with Gasteiger partial charge in [-0.1, -0.05) is 44.5 Å². The van der Waals surface area contributed by atoms with E-state index in [1.807, 2.05) is 0 Å². The van der Waals surface area contributed by atoms with Crippen molar-refractivity contribution in [1.29, 1.82) is 0 Å². The van der Waals surface area contributed by atoms with E-state index in [-0.39, 0.29) is 5.41 Å². The van der Waals surface area contributed by atoms with Crippen LogP contribution in [0.2, 0.25) is 0 Å². The Balaban J connectivity index is 2.51. The molecular formula is C14H22O. The molecule has 1 rings (SSSR count). The second-order valence-corrected chi connectivity index (χ2v) is 5.48. The number of ether oxygens (including phenoxy) is 1. The summed E-state index contributed by atoms with van der Waals surface area (Å²) in [6.07, 6.45) is 0. The monoisotopic (exact) mass is 206 g/mol. The van der Waals surface area contributed by atoms with Crippen LogP contribution in [0.5, 0.6) is 0 Å². The predicted molar refractivity (Wildman–Crippen MR) is 65.0 cm³/mol. The van der Waals surface area contributed by atoms with Gasteiger partial charge in [0.2, 0.25) is 0 Å². The van der Waals surface area contributed by atoms with Crippen LogP contribution in [0.3, 0.4) is 0 Å². The van der Waals surface area contributed by atoms with Crippen LogP contribution in [0, 0.1) is 19.3 Å². The smallest absolute Gasteiger partial charge is 0.0719 e. The third-order valence-corrected chi connectivity index (χ3v) is 2.29. The fourth-order valence-corrected chi connectivity index (χ4v) is 1.47. The molecule has 0 aliphatic rings. The Hall–Kier alpha value is -0.820. The average molecular weight is 206 g/mol. The van der Waals surface area contributed by atoms with Crippen LogP contribution in [-0.2, 0) is 11.3 Å². The van der Waals surface area contributed by atoms with Gasteiger partial charge in [0, 0.05) is 0 Å². The summed E-state index contributed by atoms with van der Waals surface area (Å²) in [5, 5.41) is 0. The summed E-state index contributed by atoms with van der Waals surface area (Å²) in [6.45, 7) is 12.4. The zero-order valence-corrected chi connectivity index (χ0v) is 10.6. The van der Waals surface area contributed by atoms with Gasteiger partial charge < -0.3 is 4.74 Å². The zero-order valence-electron chi connectivity index (χ0n) is 10.6. The van der Waals surface area contributed by atoms with E-state index in [0.717, 1.165) is 13.2 Å². The van der Waals surface area contributed by atoms with Crippen molar-refractivity contribution < 1.29 is 4.74 Å². The third-order valence-electron chi connectivity index (χ3n) is 2.29. The molecule has 0 saturated heterocycles. The largest absolute Gasteiger partial charge is 0.376 e. The van der Waals surface area contributed by atoms with Crippen LogP contribution in [0.4, 0.5) is 0 Å².